The minimum absolute atomic E-state index is 0.0447. The third-order valence-corrected chi connectivity index (χ3v) is 3.93. The van der Waals surface area contributed by atoms with Gasteiger partial charge >= 0.3 is 0 Å². The zero-order valence-electron chi connectivity index (χ0n) is 9.84. The standard InChI is InChI=1S/C14H9ClN2OS/c15-5-13(18)12-8-19-14(17-12)11-7-16-6-9-3-1-2-4-10(9)11/h1-4,6-8H,5H2. The molecule has 5 heteroatoms. The molecular weight excluding hydrogens is 280 g/mol. The van der Waals surface area contributed by atoms with Crippen LogP contribution in [-0.4, -0.2) is 21.6 Å². The fraction of sp³-hybridized carbons (Fsp3) is 0.0714. The highest BCUT2D eigenvalue weighted by molar-refractivity contribution is 7.13. The van der Waals surface area contributed by atoms with Gasteiger partial charge in [0.25, 0.3) is 0 Å². The topological polar surface area (TPSA) is 42.9 Å². The Morgan fingerprint density at radius 2 is 2.11 bits per heavy atom. The summed E-state index contributed by atoms with van der Waals surface area (Å²) < 4.78 is 0. The van der Waals surface area contributed by atoms with Crippen molar-refractivity contribution in [1.29, 1.82) is 0 Å². The van der Waals surface area contributed by atoms with Gasteiger partial charge in [0, 0.05) is 28.7 Å². The van der Waals surface area contributed by atoms with Crippen LogP contribution in [0.5, 0.6) is 0 Å². The Morgan fingerprint density at radius 1 is 1.26 bits per heavy atom. The first-order valence-electron chi connectivity index (χ1n) is 5.67. The maximum atomic E-state index is 11.5. The Morgan fingerprint density at radius 3 is 2.95 bits per heavy atom. The van der Waals surface area contributed by atoms with Crippen molar-refractivity contribution in [3.63, 3.8) is 0 Å². The average molecular weight is 289 g/mol. The molecule has 0 spiro atoms. The summed E-state index contributed by atoms with van der Waals surface area (Å²) in [6.45, 7) is 0. The van der Waals surface area contributed by atoms with Gasteiger partial charge in [0.15, 0.2) is 5.78 Å². The molecule has 0 aliphatic carbocycles. The zero-order valence-corrected chi connectivity index (χ0v) is 11.4. The number of thiazole rings is 1. The van der Waals surface area contributed by atoms with E-state index in [-0.39, 0.29) is 11.7 Å². The number of ketones is 1. The third-order valence-electron chi connectivity index (χ3n) is 2.81. The van der Waals surface area contributed by atoms with Gasteiger partial charge in [-0.3, -0.25) is 9.78 Å². The maximum Gasteiger partial charge on any atom is 0.196 e. The van der Waals surface area contributed by atoms with Crippen LogP contribution in [0.3, 0.4) is 0 Å². The van der Waals surface area contributed by atoms with Gasteiger partial charge in [-0.2, -0.15) is 0 Å². The quantitative estimate of drug-likeness (QED) is 0.544. The molecule has 94 valence electrons. The number of rotatable bonds is 3. The summed E-state index contributed by atoms with van der Waals surface area (Å²) >= 11 is 6.97. The van der Waals surface area contributed by atoms with Crippen LogP contribution >= 0.6 is 22.9 Å². The molecule has 0 aliphatic heterocycles. The van der Waals surface area contributed by atoms with Crippen molar-refractivity contribution in [2.75, 3.05) is 5.88 Å². The summed E-state index contributed by atoms with van der Waals surface area (Å²) in [7, 11) is 0. The summed E-state index contributed by atoms with van der Waals surface area (Å²) in [5.41, 5.74) is 1.36. The number of carbonyl (C=O) groups excluding carboxylic acids is 1. The van der Waals surface area contributed by atoms with Crippen molar-refractivity contribution in [3.05, 3.63) is 47.7 Å². The Hall–Kier alpha value is -1.78. The molecule has 0 aliphatic rings. The van der Waals surface area contributed by atoms with Crippen molar-refractivity contribution in [1.82, 2.24) is 9.97 Å². The molecule has 0 saturated carbocycles. The van der Waals surface area contributed by atoms with Gasteiger partial charge in [-0.1, -0.05) is 24.3 Å². The number of benzene rings is 1. The second-order valence-electron chi connectivity index (χ2n) is 4.00. The SMILES string of the molecule is O=C(CCl)c1csc(-c2cncc3ccccc23)n1. The molecule has 0 unspecified atom stereocenters. The average Bonchev–Trinajstić information content (AvgIpc) is 2.95. The largest absolute Gasteiger partial charge is 0.291 e. The minimum Gasteiger partial charge on any atom is -0.291 e. The second kappa shape index (κ2) is 5.07. The summed E-state index contributed by atoms with van der Waals surface area (Å²) in [6, 6.07) is 7.98. The molecular formula is C14H9ClN2OS. The van der Waals surface area contributed by atoms with E-state index < -0.39 is 0 Å². The molecule has 2 aromatic heterocycles. The Bertz CT molecular complexity index is 749. The van der Waals surface area contributed by atoms with Crippen LogP contribution in [0.25, 0.3) is 21.3 Å². The van der Waals surface area contributed by atoms with Crippen LogP contribution in [-0.2, 0) is 0 Å². The zero-order chi connectivity index (χ0) is 13.2. The molecule has 1 aromatic carbocycles. The first-order valence-corrected chi connectivity index (χ1v) is 7.09. The lowest BCUT2D eigenvalue weighted by molar-refractivity contribution is 0.101. The van der Waals surface area contributed by atoms with Gasteiger partial charge in [0.05, 0.1) is 5.88 Å². The summed E-state index contributed by atoms with van der Waals surface area (Å²) in [6.07, 6.45) is 3.59. The highest BCUT2D eigenvalue weighted by Gasteiger charge is 2.12. The Balaban J connectivity index is 2.14. The van der Waals surface area contributed by atoms with E-state index in [9.17, 15) is 4.79 Å². The third kappa shape index (κ3) is 2.25. The van der Waals surface area contributed by atoms with Crippen LogP contribution in [0, 0.1) is 0 Å². The van der Waals surface area contributed by atoms with Crippen molar-refractivity contribution in [2.45, 2.75) is 0 Å². The first kappa shape index (κ1) is 12.3. The first-order chi connectivity index (χ1) is 9.29. The van der Waals surface area contributed by atoms with E-state index in [2.05, 4.69) is 9.97 Å². The molecule has 3 nitrogen and oxygen atoms in total. The van der Waals surface area contributed by atoms with Gasteiger partial charge < -0.3 is 0 Å². The number of aromatic nitrogens is 2. The Kier molecular flexibility index (Phi) is 3.27. The summed E-state index contributed by atoms with van der Waals surface area (Å²) in [4.78, 5) is 20.1. The van der Waals surface area contributed by atoms with E-state index in [1.165, 1.54) is 11.3 Å². The second-order valence-corrected chi connectivity index (χ2v) is 5.13. The van der Waals surface area contributed by atoms with Gasteiger partial charge in [0.2, 0.25) is 0 Å². The number of hydrogen-bond donors (Lipinski definition) is 0. The Labute approximate surface area is 118 Å². The van der Waals surface area contributed by atoms with E-state index in [1.54, 1.807) is 11.6 Å². The lowest BCUT2D eigenvalue weighted by Crippen LogP contribution is -2.00. The van der Waals surface area contributed by atoms with E-state index in [1.807, 2.05) is 30.5 Å². The summed E-state index contributed by atoms with van der Waals surface area (Å²) in [5.74, 6) is -0.200. The van der Waals surface area contributed by atoms with Crippen LogP contribution in [0.2, 0.25) is 0 Å². The number of fused-ring (bicyclic) bond motifs is 1. The molecule has 0 saturated heterocycles. The smallest absolute Gasteiger partial charge is 0.196 e. The highest BCUT2D eigenvalue weighted by atomic mass is 35.5. The highest BCUT2D eigenvalue weighted by Crippen LogP contribution is 2.30. The summed E-state index contributed by atoms with van der Waals surface area (Å²) in [5, 5.41) is 4.66. The van der Waals surface area contributed by atoms with Crippen LogP contribution in [0.4, 0.5) is 0 Å². The molecule has 2 heterocycles. The van der Waals surface area contributed by atoms with Crippen molar-refractivity contribution >= 4 is 39.5 Å². The van der Waals surface area contributed by atoms with Crippen LogP contribution in [0.1, 0.15) is 10.5 Å². The number of hydrogen-bond acceptors (Lipinski definition) is 4. The fourth-order valence-electron chi connectivity index (χ4n) is 1.88. The van der Waals surface area contributed by atoms with Crippen molar-refractivity contribution in [3.8, 4) is 10.6 Å². The van der Waals surface area contributed by atoms with Crippen molar-refractivity contribution in [2.24, 2.45) is 0 Å². The van der Waals surface area contributed by atoms with Crippen LogP contribution in [0.15, 0.2) is 42.0 Å². The van der Waals surface area contributed by atoms with Crippen molar-refractivity contribution < 1.29 is 4.79 Å². The van der Waals surface area contributed by atoms with E-state index >= 15 is 0 Å². The van der Waals surface area contributed by atoms with Gasteiger partial charge in [0.1, 0.15) is 10.7 Å². The molecule has 0 N–H and O–H groups in total. The van der Waals surface area contributed by atoms with Gasteiger partial charge in [-0.15, -0.1) is 22.9 Å². The molecule has 0 radical (unpaired) electrons. The molecule has 0 bridgehead atoms. The van der Waals surface area contributed by atoms with E-state index in [4.69, 9.17) is 11.6 Å². The molecule has 3 rings (SSSR count). The number of nitrogens with zero attached hydrogens (tertiary/aromatic N) is 2. The number of Topliss-reactive ketones (excluding diaryl/α,β-unsaturated/α-hetero) is 1. The molecule has 3 aromatic rings. The number of pyridine rings is 1. The number of halogens is 1. The number of carbonyl (C=O) groups is 1. The lowest BCUT2D eigenvalue weighted by atomic mass is 10.1. The number of alkyl halides is 1. The normalized spacial score (nSPS) is 10.8. The molecule has 0 amide bonds. The molecule has 19 heavy (non-hydrogen) atoms. The van der Waals surface area contributed by atoms with Gasteiger partial charge in [-0.05, 0) is 5.39 Å². The predicted octanol–water partition coefficient (Wildman–Crippen LogP) is 3.78. The van der Waals surface area contributed by atoms with Gasteiger partial charge in [-0.25, -0.2) is 4.98 Å². The van der Waals surface area contributed by atoms with Crippen LogP contribution < -0.4 is 0 Å². The van der Waals surface area contributed by atoms with E-state index in [0.29, 0.717) is 5.69 Å². The molecule has 0 atom stereocenters. The molecule has 0 fully saturated rings. The predicted molar refractivity (Wildman–Crippen MR) is 77.9 cm³/mol. The van der Waals surface area contributed by atoms with E-state index in [0.717, 1.165) is 21.3 Å². The minimum atomic E-state index is -0.155. The lowest BCUT2D eigenvalue weighted by Gasteiger charge is -2.02. The fourth-order valence-corrected chi connectivity index (χ4v) is 2.87. The maximum absolute atomic E-state index is 11.5. The monoisotopic (exact) mass is 288 g/mol.